The SMILES string of the molecule is CN1CCCC1Cn1ncc2c(N3CCC[C@@](C)(O)C3)nc(-c3noc4c3CCC[C@@]43CCCCC34OCCO4)nc21. The molecule has 42 heavy (non-hydrogen) atoms. The van der Waals surface area contributed by atoms with E-state index in [9.17, 15) is 5.11 Å². The van der Waals surface area contributed by atoms with Crippen molar-refractivity contribution >= 4 is 16.9 Å². The number of ether oxygens (including phenoxy) is 2. The summed E-state index contributed by atoms with van der Waals surface area (Å²) >= 11 is 0. The fourth-order valence-corrected chi connectivity index (χ4v) is 8.70. The van der Waals surface area contributed by atoms with Crippen LogP contribution in [0.2, 0.25) is 0 Å². The summed E-state index contributed by atoms with van der Waals surface area (Å²) in [4.78, 5) is 15.0. The van der Waals surface area contributed by atoms with Gasteiger partial charge >= 0.3 is 0 Å². The van der Waals surface area contributed by atoms with Gasteiger partial charge in [0, 0.05) is 31.1 Å². The third-order valence-electron chi connectivity index (χ3n) is 10.8. The monoisotopic (exact) mass is 577 g/mol. The Hall–Kier alpha value is -2.60. The molecule has 226 valence electrons. The zero-order valence-corrected chi connectivity index (χ0v) is 25.0. The molecule has 0 amide bonds. The summed E-state index contributed by atoms with van der Waals surface area (Å²) in [5.41, 5.74) is 1.54. The minimum absolute atomic E-state index is 0.325. The molecular weight excluding hydrogens is 534 g/mol. The fourth-order valence-electron chi connectivity index (χ4n) is 8.70. The zero-order chi connectivity index (χ0) is 28.5. The third kappa shape index (κ3) is 4.14. The molecule has 3 aromatic rings. The normalized spacial score (nSPS) is 31.5. The van der Waals surface area contributed by atoms with E-state index in [2.05, 4.69) is 16.8 Å². The van der Waals surface area contributed by atoms with Crippen LogP contribution in [0, 0.1) is 0 Å². The predicted octanol–water partition coefficient (Wildman–Crippen LogP) is 3.82. The number of hydrogen-bond acceptors (Lipinski definition) is 10. The number of hydrogen-bond donors (Lipinski definition) is 1. The van der Waals surface area contributed by atoms with E-state index in [1.54, 1.807) is 0 Å². The number of fused-ring (bicyclic) bond motifs is 4. The van der Waals surface area contributed by atoms with Gasteiger partial charge in [-0.05, 0) is 78.3 Å². The molecular formula is C31H43N7O4. The smallest absolute Gasteiger partial charge is 0.186 e. The minimum atomic E-state index is -0.770. The van der Waals surface area contributed by atoms with Crippen molar-refractivity contribution in [3.8, 4) is 11.5 Å². The summed E-state index contributed by atoms with van der Waals surface area (Å²) in [6.07, 6.45) is 12.9. The first-order chi connectivity index (χ1) is 20.4. The molecule has 3 atom stereocenters. The van der Waals surface area contributed by atoms with Gasteiger partial charge in [-0.2, -0.15) is 5.10 Å². The molecule has 3 aromatic heterocycles. The van der Waals surface area contributed by atoms with Crippen molar-refractivity contribution in [1.82, 2.24) is 29.8 Å². The van der Waals surface area contributed by atoms with Gasteiger partial charge in [-0.3, -0.25) is 0 Å². The second-order valence-electron chi connectivity index (χ2n) is 13.7. The molecule has 1 N–H and O–H groups in total. The van der Waals surface area contributed by atoms with Gasteiger partial charge in [0.2, 0.25) is 0 Å². The van der Waals surface area contributed by atoms with Crippen LogP contribution < -0.4 is 4.90 Å². The minimum Gasteiger partial charge on any atom is -0.388 e. The van der Waals surface area contributed by atoms with Crippen LogP contribution in [0.4, 0.5) is 5.82 Å². The number of likely N-dealkylation sites (N-methyl/N-ethyl adjacent to an activating group) is 1. The highest BCUT2D eigenvalue weighted by Crippen LogP contribution is 2.57. The van der Waals surface area contributed by atoms with E-state index in [-0.39, 0.29) is 5.41 Å². The number of rotatable bonds is 4. The molecule has 2 aliphatic carbocycles. The Labute approximate surface area is 246 Å². The molecule has 1 saturated carbocycles. The zero-order valence-electron chi connectivity index (χ0n) is 25.0. The van der Waals surface area contributed by atoms with Crippen molar-refractivity contribution < 1.29 is 19.1 Å². The van der Waals surface area contributed by atoms with Gasteiger partial charge < -0.3 is 28.9 Å². The molecule has 0 aromatic carbocycles. The van der Waals surface area contributed by atoms with Crippen molar-refractivity contribution in [3.63, 3.8) is 0 Å². The van der Waals surface area contributed by atoms with Crippen LogP contribution in [0.25, 0.3) is 22.6 Å². The number of anilines is 1. The first-order valence-corrected chi connectivity index (χ1v) is 16.1. The lowest BCUT2D eigenvalue weighted by Crippen LogP contribution is -2.56. The average Bonchev–Trinajstić information content (AvgIpc) is 3.78. The van der Waals surface area contributed by atoms with E-state index >= 15 is 0 Å². The highest BCUT2D eigenvalue weighted by molar-refractivity contribution is 5.89. The van der Waals surface area contributed by atoms with Gasteiger partial charge in [-0.1, -0.05) is 11.6 Å². The Morgan fingerprint density at radius 2 is 1.83 bits per heavy atom. The van der Waals surface area contributed by atoms with Crippen molar-refractivity contribution in [2.24, 2.45) is 0 Å². The summed E-state index contributed by atoms with van der Waals surface area (Å²) in [7, 11) is 2.19. The molecule has 5 aliphatic rings. The molecule has 4 fully saturated rings. The predicted molar refractivity (Wildman–Crippen MR) is 156 cm³/mol. The Morgan fingerprint density at radius 1 is 1.00 bits per heavy atom. The number of aromatic nitrogens is 5. The number of β-amino-alcohol motifs (C(OH)–C–C–N with tert-alkyl or cyclic N) is 1. The largest absolute Gasteiger partial charge is 0.388 e. The average molecular weight is 578 g/mol. The number of nitrogens with zero attached hydrogens (tertiary/aromatic N) is 7. The number of aliphatic hydroxyl groups is 1. The molecule has 0 radical (unpaired) electrons. The first-order valence-electron chi connectivity index (χ1n) is 16.1. The van der Waals surface area contributed by atoms with Gasteiger partial charge in [0.25, 0.3) is 0 Å². The Morgan fingerprint density at radius 3 is 2.64 bits per heavy atom. The van der Waals surface area contributed by atoms with Crippen LogP contribution in [-0.2, 0) is 27.9 Å². The van der Waals surface area contributed by atoms with Gasteiger partial charge in [0.1, 0.15) is 5.82 Å². The highest BCUT2D eigenvalue weighted by atomic mass is 16.7. The van der Waals surface area contributed by atoms with Crippen LogP contribution in [0.3, 0.4) is 0 Å². The summed E-state index contributed by atoms with van der Waals surface area (Å²) in [5, 5.41) is 21.5. The lowest BCUT2D eigenvalue weighted by Gasteiger charge is -2.50. The topological polar surface area (TPSA) is 115 Å². The molecule has 11 heteroatoms. The molecule has 11 nitrogen and oxygen atoms in total. The Balaban J connectivity index is 1.25. The van der Waals surface area contributed by atoms with Crippen molar-refractivity contribution in [2.75, 3.05) is 44.8 Å². The lowest BCUT2D eigenvalue weighted by atomic mass is 9.61. The molecule has 1 unspecified atom stereocenters. The highest BCUT2D eigenvalue weighted by Gasteiger charge is 2.61. The van der Waals surface area contributed by atoms with Crippen LogP contribution in [0.5, 0.6) is 0 Å². The summed E-state index contributed by atoms with van der Waals surface area (Å²) < 4.78 is 21.2. The van der Waals surface area contributed by atoms with Gasteiger partial charge in [0.15, 0.2) is 28.7 Å². The molecule has 3 aliphatic heterocycles. The van der Waals surface area contributed by atoms with Gasteiger partial charge in [-0.25, -0.2) is 14.6 Å². The fraction of sp³-hybridized carbons (Fsp3) is 0.742. The molecule has 0 bridgehead atoms. The van der Waals surface area contributed by atoms with E-state index < -0.39 is 11.4 Å². The van der Waals surface area contributed by atoms with E-state index in [0.717, 1.165) is 118 Å². The quantitative estimate of drug-likeness (QED) is 0.491. The van der Waals surface area contributed by atoms with Crippen molar-refractivity contribution in [2.45, 2.75) is 107 Å². The molecule has 6 heterocycles. The van der Waals surface area contributed by atoms with Crippen LogP contribution in [0.15, 0.2) is 10.7 Å². The van der Waals surface area contributed by atoms with Gasteiger partial charge in [-0.15, -0.1) is 0 Å². The van der Waals surface area contributed by atoms with E-state index in [0.29, 0.717) is 31.6 Å². The Kier molecular flexibility index (Phi) is 6.41. The standard InChI is InChI=1S/C31H43N7O4/c1-29(39)10-7-15-37(20-29)27-23-18-32-38(19-21-8-6-14-36(21)2)28(23)34-26(33-27)24-22-9-5-12-30(25(22)42-35-24)11-3-4-13-31(30)40-16-17-41-31/h18,21,39H,3-17,19-20H2,1-2H3/t21?,29-,30+/m1/s1. The number of likely N-dealkylation sites (tertiary alicyclic amines) is 1. The molecule has 3 saturated heterocycles. The van der Waals surface area contributed by atoms with E-state index in [1.165, 1.54) is 6.42 Å². The second-order valence-corrected chi connectivity index (χ2v) is 13.7. The van der Waals surface area contributed by atoms with E-state index in [4.69, 9.17) is 34.2 Å². The maximum Gasteiger partial charge on any atom is 0.186 e. The van der Waals surface area contributed by atoms with Crippen molar-refractivity contribution in [3.05, 3.63) is 17.5 Å². The summed E-state index contributed by atoms with van der Waals surface area (Å²) in [6, 6.07) is 0.430. The second kappa shape index (κ2) is 9.97. The summed E-state index contributed by atoms with van der Waals surface area (Å²) in [5.74, 6) is 1.68. The van der Waals surface area contributed by atoms with Crippen LogP contribution >= 0.6 is 0 Å². The number of piperidine rings is 1. The van der Waals surface area contributed by atoms with Crippen LogP contribution in [0.1, 0.15) is 82.5 Å². The molecule has 2 spiro atoms. The third-order valence-corrected chi connectivity index (χ3v) is 10.8. The van der Waals surface area contributed by atoms with Gasteiger partial charge in [0.05, 0.1) is 42.4 Å². The summed E-state index contributed by atoms with van der Waals surface area (Å²) in [6.45, 7) is 6.41. The lowest BCUT2D eigenvalue weighted by molar-refractivity contribution is -0.235. The first kappa shape index (κ1) is 27.0. The molecule has 8 rings (SSSR count). The van der Waals surface area contributed by atoms with Crippen molar-refractivity contribution in [1.29, 1.82) is 0 Å². The maximum absolute atomic E-state index is 11.0. The Bertz CT molecular complexity index is 1480. The van der Waals surface area contributed by atoms with E-state index in [1.807, 2.05) is 17.8 Å². The maximum atomic E-state index is 11.0. The van der Waals surface area contributed by atoms with Crippen LogP contribution in [-0.4, -0.2) is 92.2 Å².